The fraction of sp³-hybridized carbons (Fsp3) is 0.371. The standard InChI is InChI=1S/C35H38N6O7S/c1-22(21-49-34(45)23-9-5-4-6-10-23)32(43)41-13-7-11-26(41)31(42)37-30-24-19-28(46-2)29(47-3)20-25(24)36-35(38-30)40-16-14-39(15-17-40)33(44)27-12-8-18-48-27/h4-6,8-10,12,18-20,22,26H,7,11,13-17,21H2,1-3H3,(H,36,37,38,42). The molecular weight excluding hydrogens is 648 g/mol. The second kappa shape index (κ2) is 15.0. The van der Waals surface area contributed by atoms with Gasteiger partial charge in [-0.25, -0.2) is 4.98 Å². The predicted octanol–water partition coefficient (Wildman–Crippen LogP) is 4.34. The molecule has 2 atom stereocenters. The number of rotatable bonds is 10. The number of hydrogen-bond acceptors (Lipinski definition) is 11. The minimum absolute atomic E-state index is 0.0972. The van der Waals surface area contributed by atoms with E-state index in [0.717, 1.165) is 11.8 Å². The van der Waals surface area contributed by atoms with Crippen molar-refractivity contribution >= 4 is 57.3 Å². The van der Waals surface area contributed by atoms with E-state index in [0.29, 0.717) is 85.2 Å². The molecule has 0 radical (unpaired) electrons. The third-order valence-electron chi connectivity index (χ3n) is 8.75. The van der Waals surface area contributed by atoms with Crippen LogP contribution in [0.4, 0.5) is 11.8 Å². The molecule has 0 saturated carbocycles. The molecule has 2 aliphatic rings. The molecule has 0 spiro atoms. The first kappa shape index (κ1) is 33.8. The van der Waals surface area contributed by atoms with Crippen LogP contribution in [0.2, 0.25) is 0 Å². The van der Waals surface area contributed by atoms with Crippen LogP contribution in [0.3, 0.4) is 0 Å². The number of likely N-dealkylation sites (tertiary alicyclic amines) is 1. The molecule has 2 aromatic heterocycles. The fourth-order valence-corrected chi connectivity index (χ4v) is 6.91. The van der Waals surface area contributed by atoms with E-state index in [1.54, 1.807) is 65.3 Å². The van der Waals surface area contributed by atoms with Gasteiger partial charge < -0.3 is 33.9 Å². The summed E-state index contributed by atoms with van der Waals surface area (Å²) in [6.07, 6.45) is 2.65. The molecular formula is C35H38N6O7S. The topological polar surface area (TPSA) is 147 Å². The summed E-state index contributed by atoms with van der Waals surface area (Å²) in [5.41, 5.74) is 1.11. The molecule has 2 unspecified atom stereocenters. The van der Waals surface area contributed by atoms with E-state index in [1.807, 2.05) is 11.0 Å². The third kappa shape index (κ3) is 7.33. The highest BCUT2D eigenvalue weighted by atomic mass is 32.2. The second-order valence-corrected chi connectivity index (χ2v) is 12.9. The average molecular weight is 687 g/mol. The molecule has 256 valence electrons. The largest absolute Gasteiger partial charge is 0.493 e. The Morgan fingerprint density at radius 2 is 1.69 bits per heavy atom. The van der Waals surface area contributed by atoms with Gasteiger partial charge in [-0.05, 0) is 31.0 Å². The monoisotopic (exact) mass is 686 g/mol. The van der Waals surface area contributed by atoms with Crippen molar-refractivity contribution in [3.05, 3.63) is 72.2 Å². The highest BCUT2D eigenvalue weighted by Gasteiger charge is 2.37. The van der Waals surface area contributed by atoms with Crippen molar-refractivity contribution in [2.45, 2.75) is 25.8 Å². The van der Waals surface area contributed by atoms with E-state index >= 15 is 0 Å². The minimum atomic E-state index is -0.699. The number of carbonyl (C=O) groups excluding carboxylic acids is 4. The summed E-state index contributed by atoms with van der Waals surface area (Å²) < 4.78 is 16.3. The number of nitrogens with zero attached hydrogens (tertiary/aromatic N) is 5. The Balaban J connectivity index is 1.19. The van der Waals surface area contributed by atoms with E-state index in [4.69, 9.17) is 23.9 Å². The Morgan fingerprint density at radius 1 is 0.959 bits per heavy atom. The van der Waals surface area contributed by atoms with Crippen LogP contribution in [-0.2, 0) is 9.59 Å². The van der Waals surface area contributed by atoms with Gasteiger partial charge in [0.15, 0.2) is 17.3 Å². The van der Waals surface area contributed by atoms with Crippen molar-refractivity contribution in [3.63, 3.8) is 0 Å². The van der Waals surface area contributed by atoms with Crippen molar-refractivity contribution in [1.82, 2.24) is 19.8 Å². The van der Waals surface area contributed by atoms with Crippen molar-refractivity contribution < 1.29 is 33.1 Å². The normalized spacial score (nSPS) is 16.8. The first-order valence-electron chi connectivity index (χ1n) is 16.1. The maximum Gasteiger partial charge on any atom is 0.289 e. The zero-order valence-corrected chi connectivity index (χ0v) is 28.4. The molecule has 1 N–H and O–H groups in total. The minimum Gasteiger partial charge on any atom is -0.493 e. The summed E-state index contributed by atoms with van der Waals surface area (Å²) in [5.74, 6) is 0.983. The highest BCUT2D eigenvalue weighted by molar-refractivity contribution is 8.14. The summed E-state index contributed by atoms with van der Waals surface area (Å²) in [4.78, 5) is 67.8. The number of fused-ring (bicyclic) bond motifs is 1. The van der Waals surface area contributed by atoms with Gasteiger partial charge in [-0.3, -0.25) is 19.2 Å². The molecule has 14 heteroatoms. The number of benzene rings is 2. The van der Waals surface area contributed by atoms with Gasteiger partial charge in [0.1, 0.15) is 11.9 Å². The molecule has 49 heavy (non-hydrogen) atoms. The quantitative estimate of drug-likeness (QED) is 0.254. The third-order valence-corrected chi connectivity index (χ3v) is 9.91. The van der Waals surface area contributed by atoms with E-state index in [9.17, 15) is 19.2 Å². The predicted molar refractivity (Wildman–Crippen MR) is 185 cm³/mol. The molecule has 2 fully saturated rings. The van der Waals surface area contributed by atoms with E-state index in [2.05, 4.69) is 5.32 Å². The van der Waals surface area contributed by atoms with E-state index in [1.165, 1.54) is 20.5 Å². The Morgan fingerprint density at radius 3 is 2.39 bits per heavy atom. The number of hydrogen-bond donors (Lipinski definition) is 1. The summed E-state index contributed by atoms with van der Waals surface area (Å²) in [5, 5.41) is 3.44. The highest BCUT2D eigenvalue weighted by Crippen LogP contribution is 2.36. The van der Waals surface area contributed by atoms with Gasteiger partial charge >= 0.3 is 0 Å². The molecule has 2 saturated heterocycles. The second-order valence-electron chi connectivity index (χ2n) is 11.9. The van der Waals surface area contributed by atoms with Crippen LogP contribution < -0.4 is 19.7 Å². The first-order valence-corrected chi connectivity index (χ1v) is 17.1. The molecule has 0 bridgehead atoms. The average Bonchev–Trinajstić information content (AvgIpc) is 3.86. The first-order chi connectivity index (χ1) is 23.8. The number of piperazine rings is 1. The molecule has 4 aromatic rings. The molecule has 3 amide bonds. The summed E-state index contributed by atoms with van der Waals surface area (Å²) >= 11 is 1.10. The molecule has 4 heterocycles. The van der Waals surface area contributed by atoms with Gasteiger partial charge in [0, 0.05) is 61.4 Å². The van der Waals surface area contributed by atoms with Gasteiger partial charge in [-0.15, -0.1) is 0 Å². The number of nitrogens with one attached hydrogen (secondary N) is 1. The number of aromatic nitrogens is 2. The van der Waals surface area contributed by atoms with Crippen LogP contribution >= 0.6 is 11.8 Å². The lowest BCUT2D eigenvalue weighted by atomic mass is 10.1. The Labute approximate surface area is 287 Å². The van der Waals surface area contributed by atoms with Crippen LogP contribution in [-0.4, -0.2) is 101 Å². The lowest BCUT2D eigenvalue weighted by molar-refractivity contribution is -0.139. The molecule has 2 aromatic carbocycles. The maximum absolute atomic E-state index is 13.9. The summed E-state index contributed by atoms with van der Waals surface area (Å²) in [6.45, 7) is 4.02. The number of ether oxygens (including phenoxy) is 2. The number of methoxy groups -OCH3 is 2. The molecule has 0 aliphatic carbocycles. The molecule has 13 nitrogen and oxygen atoms in total. The van der Waals surface area contributed by atoms with Crippen LogP contribution in [0.15, 0.2) is 65.3 Å². The number of carbonyl (C=O) groups is 4. The maximum atomic E-state index is 13.9. The molecule has 6 rings (SSSR count). The zero-order chi connectivity index (χ0) is 34.5. The fourth-order valence-electron chi connectivity index (χ4n) is 6.06. The van der Waals surface area contributed by atoms with Gasteiger partial charge in [0.2, 0.25) is 22.9 Å². The van der Waals surface area contributed by atoms with Gasteiger partial charge in [-0.2, -0.15) is 4.98 Å². The number of anilines is 2. The number of thioether (sulfide) groups is 1. The number of amides is 3. The van der Waals surface area contributed by atoms with Crippen LogP contribution in [0.5, 0.6) is 11.5 Å². The SMILES string of the molecule is COc1cc2nc(N3CCN(C(=O)c4ccco4)CC3)nc(NC(=O)C3CCCN3C(=O)C(C)CSC(=O)c3ccccc3)c2cc1OC. The van der Waals surface area contributed by atoms with Gasteiger partial charge in [0.05, 0.1) is 26.0 Å². The Bertz CT molecular complexity index is 1830. The van der Waals surface area contributed by atoms with E-state index < -0.39 is 12.0 Å². The summed E-state index contributed by atoms with van der Waals surface area (Å²) in [6, 6.07) is 15.0. The van der Waals surface area contributed by atoms with Crippen LogP contribution in [0.25, 0.3) is 10.9 Å². The van der Waals surface area contributed by atoms with Crippen molar-refractivity contribution in [2.24, 2.45) is 5.92 Å². The van der Waals surface area contributed by atoms with E-state index in [-0.39, 0.29) is 34.4 Å². The number of furan rings is 1. The zero-order valence-electron chi connectivity index (χ0n) is 27.6. The van der Waals surface area contributed by atoms with Crippen molar-refractivity contribution in [3.8, 4) is 11.5 Å². The van der Waals surface area contributed by atoms with Gasteiger partial charge in [-0.1, -0.05) is 49.0 Å². The van der Waals surface area contributed by atoms with Gasteiger partial charge in [0.25, 0.3) is 5.91 Å². The Kier molecular flexibility index (Phi) is 10.3. The lowest BCUT2D eigenvalue weighted by Gasteiger charge is -2.34. The molecule has 2 aliphatic heterocycles. The van der Waals surface area contributed by atoms with Crippen molar-refractivity contribution in [2.75, 3.05) is 62.9 Å². The van der Waals surface area contributed by atoms with Crippen molar-refractivity contribution in [1.29, 1.82) is 0 Å². The summed E-state index contributed by atoms with van der Waals surface area (Å²) in [7, 11) is 3.06. The smallest absolute Gasteiger partial charge is 0.289 e. The van der Waals surface area contributed by atoms with Crippen LogP contribution in [0, 0.1) is 5.92 Å². The van der Waals surface area contributed by atoms with Crippen LogP contribution in [0.1, 0.15) is 40.7 Å². The lowest BCUT2D eigenvalue weighted by Crippen LogP contribution is -2.49. The Hall–Kier alpha value is -5.11.